The number of carbonyl (C=O) groups excluding carboxylic acids is 1. The molecule has 0 aliphatic carbocycles. The predicted octanol–water partition coefficient (Wildman–Crippen LogP) is 0.404. The van der Waals surface area contributed by atoms with Crippen LogP contribution in [0.1, 0.15) is 22.3 Å². The zero-order chi connectivity index (χ0) is 24.1. The lowest BCUT2D eigenvalue weighted by Gasteiger charge is -2.39. The summed E-state index contributed by atoms with van der Waals surface area (Å²) in [5.74, 6) is 0.609. The number of phenols is 1. The molecule has 3 rings (SSSR count). The van der Waals surface area contributed by atoms with Crippen molar-refractivity contribution in [2.75, 3.05) is 20.8 Å². The molecule has 10 nitrogen and oxygen atoms in total. The fourth-order valence-electron chi connectivity index (χ4n) is 3.67. The van der Waals surface area contributed by atoms with E-state index in [0.29, 0.717) is 22.6 Å². The van der Waals surface area contributed by atoms with Gasteiger partial charge in [-0.1, -0.05) is 6.07 Å². The number of hydrogen-bond donors (Lipinski definition) is 5. The van der Waals surface area contributed by atoms with Crippen LogP contribution in [0.15, 0.2) is 36.4 Å². The number of phenolic OH excluding ortho intramolecular Hbond substituents is 1. The number of benzene rings is 2. The predicted molar refractivity (Wildman–Crippen MR) is 115 cm³/mol. The van der Waals surface area contributed by atoms with E-state index in [1.165, 1.54) is 32.4 Å². The van der Waals surface area contributed by atoms with Crippen LogP contribution in [0.25, 0.3) is 0 Å². The van der Waals surface area contributed by atoms with E-state index in [-0.39, 0.29) is 30.1 Å². The minimum absolute atomic E-state index is 0.0191. The summed E-state index contributed by atoms with van der Waals surface area (Å²) in [6.45, 7) is -0.595. The average molecular weight is 464 g/mol. The van der Waals surface area contributed by atoms with Gasteiger partial charge in [0.1, 0.15) is 53.0 Å². The molecule has 1 aliphatic rings. The van der Waals surface area contributed by atoms with E-state index in [2.05, 4.69) is 0 Å². The van der Waals surface area contributed by atoms with Gasteiger partial charge in [0, 0.05) is 6.42 Å². The van der Waals surface area contributed by atoms with E-state index >= 15 is 0 Å². The highest BCUT2D eigenvalue weighted by Gasteiger charge is 2.44. The highest BCUT2D eigenvalue weighted by Crippen LogP contribution is 2.32. The first kappa shape index (κ1) is 24.7. The molecule has 1 aliphatic heterocycles. The van der Waals surface area contributed by atoms with Crippen molar-refractivity contribution < 1.29 is 49.3 Å². The molecule has 180 valence electrons. The maximum Gasteiger partial charge on any atom is 0.229 e. The summed E-state index contributed by atoms with van der Waals surface area (Å²) in [6.07, 6.45) is -7.06. The standard InChI is InChI=1S/C23H28O10/c1-30-16-4-3-5-17(31-2)19(16)14(26)8-6-12-10-13(25)7-9-15(12)32-23-22(29)21(28)20(27)18(11-24)33-23/h3-5,7,9-10,18,20-25,27-29H,6,8,11H2,1-2H3/t18-,20-,21+,22-,23-/m1/s1. The molecule has 0 aromatic heterocycles. The molecular formula is C23H28O10. The first-order valence-electron chi connectivity index (χ1n) is 10.3. The van der Waals surface area contributed by atoms with Gasteiger partial charge in [-0.3, -0.25) is 4.79 Å². The van der Waals surface area contributed by atoms with Gasteiger partial charge in [0.05, 0.1) is 20.8 Å². The Hall–Kier alpha value is -2.89. The molecule has 0 spiro atoms. The average Bonchev–Trinajstić information content (AvgIpc) is 2.83. The van der Waals surface area contributed by atoms with Gasteiger partial charge >= 0.3 is 0 Å². The number of rotatable bonds is 9. The van der Waals surface area contributed by atoms with Crippen LogP contribution >= 0.6 is 0 Å². The molecule has 10 heteroatoms. The third kappa shape index (κ3) is 5.37. The number of aryl methyl sites for hydroxylation is 1. The highest BCUT2D eigenvalue weighted by molar-refractivity contribution is 6.01. The maximum atomic E-state index is 13.0. The van der Waals surface area contributed by atoms with E-state index in [0.717, 1.165) is 0 Å². The number of ketones is 1. The minimum Gasteiger partial charge on any atom is -0.508 e. The molecule has 2 aromatic carbocycles. The molecule has 33 heavy (non-hydrogen) atoms. The molecular weight excluding hydrogens is 436 g/mol. The Morgan fingerprint density at radius 2 is 1.64 bits per heavy atom. The fraction of sp³-hybridized carbons (Fsp3) is 0.435. The number of aliphatic hydroxyl groups excluding tert-OH is 4. The molecule has 0 unspecified atom stereocenters. The van der Waals surface area contributed by atoms with Crippen molar-refractivity contribution in [3.05, 3.63) is 47.5 Å². The molecule has 5 atom stereocenters. The summed E-state index contributed by atoms with van der Waals surface area (Å²) in [7, 11) is 2.90. The van der Waals surface area contributed by atoms with E-state index < -0.39 is 37.3 Å². The largest absolute Gasteiger partial charge is 0.508 e. The number of ether oxygens (including phenoxy) is 4. The molecule has 0 amide bonds. The molecule has 5 N–H and O–H groups in total. The summed E-state index contributed by atoms with van der Waals surface area (Å²) in [5, 5.41) is 49.4. The molecule has 0 saturated carbocycles. The Balaban J connectivity index is 1.79. The summed E-state index contributed by atoms with van der Waals surface area (Å²) >= 11 is 0. The van der Waals surface area contributed by atoms with Gasteiger partial charge in [-0.2, -0.15) is 0 Å². The minimum atomic E-state index is -1.60. The van der Waals surface area contributed by atoms with Crippen LogP contribution in [0, 0.1) is 0 Å². The first-order valence-corrected chi connectivity index (χ1v) is 10.3. The zero-order valence-corrected chi connectivity index (χ0v) is 18.2. The Labute approximate surface area is 190 Å². The summed E-state index contributed by atoms with van der Waals surface area (Å²) in [5.41, 5.74) is 0.730. The van der Waals surface area contributed by atoms with Crippen molar-refractivity contribution >= 4 is 5.78 Å². The number of aromatic hydroxyl groups is 1. The molecule has 0 radical (unpaired) electrons. The van der Waals surface area contributed by atoms with Crippen LogP contribution in [-0.4, -0.2) is 82.8 Å². The monoisotopic (exact) mass is 464 g/mol. The SMILES string of the molecule is COc1cccc(OC)c1C(=O)CCc1cc(O)ccc1O[C@@H]1O[C@H](CO)[C@@H](O)[C@H](O)[C@H]1O. The molecule has 1 heterocycles. The second-order valence-corrected chi connectivity index (χ2v) is 7.57. The van der Waals surface area contributed by atoms with Gasteiger partial charge in [0.25, 0.3) is 0 Å². The Morgan fingerprint density at radius 1 is 0.970 bits per heavy atom. The van der Waals surface area contributed by atoms with Crippen molar-refractivity contribution in [1.29, 1.82) is 0 Å². The van der Waals surface area contributed by atoms with Crippen LogP contribution < -0.4 is 14.2 Å². The lowest BCUT2D eigenvalue weighted by molar-refractivity contribution is -0.277. The Kier molecular flexibility index (Phi) is 8.11. The maximum absolute atomic E-state index is 13.0. The van der Waals surface area contributed by atoms with Crippen molar-refractivity contribution in [2.24, 2.45) is 0 Å². The normalized spacial score (nSPS) is 24.8. The van der Waals surface area contributed by atoms with Crippen LogP contribution in [0.5, 0.6) is 23.0 Å². The smallest absolute Gasteiger partial charge is 0.229 e. The Morgan fingerprint density at radius 3 is 2.24 bits per heavy atom. The number of carbonyl (C=O) groups is 1. The summed E-state index contributed by atoms with van der Waals surface area (Å²) in [6, 6.07) is 9.20. The third-order valence-corrected chi connectivity index (χ3v) is 5.46. The van der Waals surface area contributed by atoms with Crippen molar-refractivity contribution in [1.82, 2.24) is 0 Å². The van der Waals surface area contributed by atoms with E-state index in [9.17, 15) is 30.3 Å². The number of methoxy groups -OCH3 is 2. The van der Waals surface area contributed by atoms with Crippen molar-refractivity contribution in [2.45, 2.75) is 43.5 Å². The van der Waals surface area contributed by atoms with Crippen molar-refractivity contribution in [3.8, 4) is 23.0 Å². The van der Waals surface area contributed by atoms with Crippen LogP contribution in [0.3, 0.4) is 0 Å². The first-order chi connectivity index (χ1) is 15.8. The lowest BCUT2D eigenvalue weighted by Crippen LogP contribution is -2.60. The molecule has 2 aromatic rings. The highest BCUT2D eigenvalue weighted by atomic mass is 16.7. The van der Waals surface area contributed by atoms with Gasteiger partial charge in [0.2, 0.25) is 6.29 Å². The van der Waals surface area contributed by atoms with Gasteiger partial charge in [-0.25, -0.2) is 0 Å². The molecule has 1 saturated heterocycles. The van der Waals surface area contributed by atoms with Crippen LogP contribution in [-0.2, 0) is 11.2 Å². The second kappa shape index (κ2) is 10.8. The topological polar surface area (TPSA) is 155 Å². The quantitative estimate of drug-likeness (QED) is 0.329. The number of Topliss-reactive ketones (excluding diaryl/α,β-unsaturated/α-hetero) is 1. The van der Waals surface area contributed by atoms with Crippen LogP contribution in [0.2, 0.25) is 0 Å². The number of aliphatic hydroxyl groups is 4. The van der Waals surface area contributed by atoms with Gasteiger partial charge in [-0.05, 0) is 42.3 Å². The van der Waals surface area contributed by atoms with Gasteiger partial charge in [-0.15, -0.1) is 0 Å². The second-order valence-electron chi connectivity index (χ2n) is 7.57. The van der Waals surface area contributed by atoms with E-state index in [1.807, 2.05) is 0 Å². The summed E-state index contributed by atoms with van der Waals surface area (Å²) in [4.78, 5) is 13.0. The van der Waals surface area contributed by atoms with E-state index in [1.54, 1.807) is 18.2 Å². The van der Waals surface area contributed by atoms with Crippen LogP contribution in [0.4, 0.5) is 0 Å². The lowest BCUT2D eigenvalue weighted by atomic mass is 9.99. The van der Waals surface area contributed by atoms with Crippen molar-refractivity contribution in [3.63, 3.8) is 0 Å². The third-order valence-electron chi connectivity index (χ3n) is 5.46. The summed E-state index contributed by atoms with van der Waals surface area (Å²) < 4.78 is 21.6. The molecule has 0 bridgehead atoms. The zero-order valence-electron chi connectivity index (χ0n) is 18.2. The number of hydrogen-bond acceptors (Lipinski definition) is 10. The van der Waals surface area contributed by atoms with Gasteiger partial charge in [0.15, 0.2) is 5.78 Å². The molecule has 1 fully saturated rings. The Bertz CT molecular complexity index is 938. The van der Waals surface area contributed by atoms with Gasteiger partial charge < -0.3 is 44.5 Å². The fourth-order valence-corrected chi connectivity index (χ4v) is 3.67. The van der Waals surface area contributed by atoms with E-state index in [4.69, 9.17) is 18.9 Å².